The number of hydrogen-bond donors (Lipinski definition) is 3. The average molecular weight is 747 g/mol. The van der Waals surface area contributed by atoms with Gasteiger partial charge in [0, 0.05) is 76.4 Å². The summed E-state index contributed by atoms with van der Waals surface area (Å²) in [6.07, 6.45) is 5.29. The third-order valence-corrected chi connectivity index (χ3v) is 11.7. The van der Waals surface area contributed by atoms with E-state index in [1.807, 2.05) is 36.4 Å². The first-order valence-electron chi connectivity index (χ1n) is 18.7. The Morgan fingerprint density at radius 3 is 2.30 bits per heavy atom. The number of H-pyrrole nitrogens is 2. The number of halogens is 2. The molecule has 3 aliphatic heterocycles. The molecule has 0 spiro atoms. The minimum atomic E-state index is -0.376. The minimum absolute atomic E-state index is 0.124. The summed E-state index contributed by atoms with van der Waals surface area (Å²) < 4.78 is 19.8. The van der Waals surface area contributed by atoms with E-state index in [9.17, 15) is 18.8 Å². The molecule has 276 valence electrons. The van der Waals surface area contributed by atoms with Crippen molar-refractivity contribution >= 4 is 73.5 Å². The van der Waals surface area contributed by atoms with E-state index in [2.05, 4.69) is 20.2 Å². The fraction of sp³-hybridized carbons (Fsp3) is 0.310. The maximum atomic E-state index is 14.3. The number of piperidine rings is 2. The van der Waals surface area contributed by atoms with Crippen molar-refractivity contribution in [2.24, 2.45) is 0 Å². The van der Waals surface area contributed by atoms with Gasteiger partial charge in [-0.05, 0) is 98.3 Å². The van der Waals surface area contributed by atoms with Crippen molar-refractivity contribution in [2.75, 3.05) is 48.8 Å². The fourth-order valence-electron chi connectivity index (χ4n) is 8.57. The number of nitrogens with zero attached hydrogens (tertiary/aromatic N) is 3. The molecular weight excluding hydrogens is 707 g/mol. The number of likely N-dealkylation sites (tertiary alicyclic amines) is 2. The normalized spacial score (nSPS) is 18.1. The first kappa shape index (κ1) is 34.4. The van der Waals surface area contributed by atoms with Crippen LogP contribution in [0.15, 0.2) is 78.9 Å². The van der Waals surface area contributed by atoms with Crippen molar-refractivity contribution in [3.8, 4) is 5.75 Å². The zero-order valence-corrected chi connectivity index (χ0v) is 30.4. The molecule has 5 heterocycles. The van der Waals surface area contributed by atoms with Gasteiger partial charge in [0.15, 0.2) is 0 Å². The van der Waals surface area contributed by atoms with Crippen LogP contribution in [0.4, 0.5) is 20.6 Å². The number of fused-ring (bicyclic) bond motifs is 5. The molecule has 9 rings (SSSR count). The van der Waals surface area contributed by atoms with Crippen LogP contribution in [0.25, 0.3) is 32.6 Å². The number of alkyl halides is 1. The molecule has 3 amide bonds. The molecule has 4 aromatic carbocycles. The molecule has 2 fully saturated rings. The number of benzene rings is 4. The monoisotopic (exact) mass is 746 g/mol. The number of ether oxygens (including phenoxy) is 1. The smallest absolute Gasteiger partial charge is 0.409 e. The first-order valence-corrected chi connectivity index (χ1v) is 19.2. The largest absolute Gasteiger partial charge is 0.415 e. The summed E-state index contributed by atoms with van der Waals surface area (Å²) in [6, 6.07) is 23.2. The predicted octanol–water partition coefficient (Wildman–Crippen LogP) is 8.63. The Morgan fingerprint density at radius 2 is 1.52 bits per heavy atom. The second-order valence-corrected chi connectivity index (χ2v) is 15.0. The van der Waals surface area contributed by atoms with E-state index in [1.54, 1.807) is 40.1 Å². The number of aromatic amines is 2. The summed E-state index contributed by atoms with van der Waals surface area (Å²) >= 11 is 6.55. The van der Waals surface area contributed by atoms with Gasteiger partial charge in [-0.25, -0.2) is 9.18 Å². The van der Waals surface area contributed by atoms with E-state index in [4.69, 9.17) is 16.3 Å². The first-order chi connectivity index (χ1) is 26.3. The van der Waals surface area contributed by atoms with Gasteiger partial charge in [0.2, 0.25) is 0 Å². The SMILES string of the molecule is O=C(Nc1ccc2[nH]c(C(=O)N3CC(CCl)c4c3cc(OC(=O)N3CCC(N5CCCCC5)CC3)c3ccccc43)cc2c1)c1cc2cc(F)ccc2[nH]1. The second kappa shape index (κ2) is 14.1. The molecule has 0 aliphatic carbocycles. The molecular formula is C42H40ClFN6O4. The van der Waals surface area contributed by atoms with Crippen molar-refractivity contribution in [3.63, 3.8) is 0 Å². The van der Waals surface area contributed by atoms with Gasteiger partial charge in [-0.3, -0.25) is 9.59 Å². The van der Waals surface area contributed by atoms with Gasteiger partial charge < -0.3 is 34.7 Å². The van der Waals surface area contributed by atoms with Gasteiger partial charge in [0.1, 0.15) is 23.0 Å². The van der Waals surface area contributed by atoms with Gasteiger partial charge >= 0.3 is 6.09 Å². The topological polar surface area (TPSA) is 114 Å². The third kappa shape index (κ3) is 6.35. The summed E-state index contributed by atoms with van der Waals surface area (Å²) in [5, 5.41) is 5.93. The number of nitrogens with one attached hydrogen (secondary N) is 3. The van der Waals surface area contributed by atoms with Crippen molar-refractivity contribution in [2.45, 2.75) is 44.1 Å². The number of rotatable bonds is 6. The number of hydrogen-bond acceptors (Lipinski definition) is 5. The highest BCUT2D eigenvalue weighted by Gasteiger charge is 2.36. The van der Waals surface area contributed by atoms with Crippen LogP contribution in [0, 0.1) is 5.82 Å². The Hall–Kier alpha value is -5.39. The lowest BCUT2D eigenvalue weighted by Gasteiger charge is -2.39. The lowest BCUT2D eigenvalue weighted by molar-refractivity contribution is 0.0880. The molecule has 54 heavy (non-hydrogen) atoms. The van der Waals surface area contributed by atoms with Crippen LogP contribution in [-0.4, -0.2) is 82.3 Å². The Balaban J connectivity index is 0.956. The van der Waals surface area contributed by atoms with E-state index in [0.29, 0.717) is 71.0 Å². The van der Waals surface area contributed by atoms with Crippen LogP contribution in [0.5, 0.6) is 5.75 Å². The molecule has 3 aliphatic rings. The number of amides is 3. The Kier molecular flexibility index (Phi) is 8.99. The summed E-state index contributed by atoms with van der Waals surface area (Å²) in [7, 11) is 0. The minimum Gasteiger partial charge on any atom is -0.409 e. The molecule has 12 heteroatoms. The van der Waals surface area contributed by atoms with Gasteiger partial charge in [0.25, 0.3) is 11.8 Å². The lowest BCUT2D eigenvalue weighted by Crippen LogP contribution is -2.48. The Morgan fingerprint density at radius 1 is 0.815 bits per heavy atom. The van der Waals surface area contributed by atoms with E-state index in [-0.39, 0.29) is 29.6 Å². The average Bonchev–Trinajstić information content (AvgIpc) is 3.93. The number of carbonyl (C=O) groups is 3. The molecule has 2 aromatic heterocycles. The highest BCUT2D eigenvalue weighted by Crippen LogP contribution is 2.46. The highest BCUT2D eigenvalue weighted by molar-refractivity contribution is 6.19. The Bertz CT molecular complexity index is 2430. The van der Waals surface area contributed by atoms with Gasteiger partial charge in [-0.15, -0.1) is 11.6 Å². The standard InChI is InChI=1S/C42H40ClFN6O4/c43-23-27-24-50(41(52)36-21-26-19-29(9-11-34(26)47-36)45-40(51)35-20-25-18-28(44)8-10-33(25)46-35)37-22-38(31-6-2-3-7-32(31)39(27)37)54-42(53)49-16-12-30(13-17-49)48-14-4-1-5-15-48/h2-3,6-11,18-22,27,30,46-47H,1,4-5,12-17,23-24H2,(H,45,51). The van der Waals surface area contributed by atoms with Crippen molar-refractivity contribution < 1.29 is 23.5 Å². The molecule has 0 radical (unpaired) electrons. The lowest BCUT2D eigenvalue weighted by atomic mass is 9.95. The molecule has 3 N–H and O–H groups in total. The molecule has 1 atom stereocenters. The molecule has 2 saturated heterocycles. The van der Waals surface area contributed by atoms with E-state index < -0.39 is 0 Å². The Labute approximate surface area is 316 Å². The predicted molar refractivity (Wildman–Crippen MR) is 210 cm³/mol. The number of anilines is 2. The summed E-state index contributed by atoms with van der Waals surface area (Å²) in [5.74, 6) is -0.391. The van der Waals surface area contributed by atoms with Crippen LogP contribution in [0.2, 0.25) is 0 Å². The maximum Gasteiger partial charge on any atom is 0.415 e. The van der Waals surface area contributed by atoms with Gasteiger partial charge in [-0.2, -0.15) is 0 Å². The molecule has 6 aromatic rings. The zero-order valence-electron chi connectivity index (χ0n) is 29.7. The summed E-state index contributed by atoms with van der Waals surface area (Å²) in [4.78, 5) is 53.4. The number of aromatic nitrogens is 2. The molecule has 10 nitrogen and oxygen atoms in total. The fourth-order valence-corrected chi connectivity index (χ4v) is 8.82. The molecule has 0 saturated carbocycles. The van der Waals surface area contributed by atoms with Crippen molar-refractivity contribution in [3.05, 3.63) is 102 Å². The number of carbonyl (C=O) groups excluding carboxylic acids is 3. The van der Waals surface area contributed by atoms with Crippen LogP contribution in [0.1, 0.15) is 64.6 Å². The summed E-state index contributed by atoms with van der Waals surface area (Å²) in [6.45, 7) is 3.96. The quantitative estimate of drug-likeness (QED) is 0.148. The zero-order chi connectivity index (χ0) is 36.9. The van der Waals surface area contributed by atoms with Gasteiger partial charge in [0.05, 0.1) is 5.69 Å². The third-order valence-electron chi connectivity index (χ3n) is 11.3. The van der Waals surface area contributed by atoms with E-state index >= 15 is 0 Å². The van der Waals surface area contributed by atoms with Crippen molar-refractivity contribution in [1.82, 2.24) is 19.8 Å². The van der Waals surface area contributed by atoms with Crippen molar-refractivity contribution in [1.29, 1.82) is 0 Å². The van der Waals surface area contributed by atoms with Gasteiger partial charge in [-0.1, -0.05) is 30.7 Å². The molecule has 0 bridgehead atoms. The summed E-state index contributed by atoms with van der Waals surface area (Å²) in [5.41, 5.74) is 4.22. The van der Waals surface area contributed by atoms with Crippen LogP contribution < -0.4 is 15.0 Å². The van der Waals surface area contributed by atoms with E-state index in [1.165, 1.54) is 31.4 Å². The second-order valence-electron chi connectivity index (χ2n) is 14.7. The maximum absolute atomic E-state index is 14.3. The highest BCUT2D eigenvalue weighted by atomic mass is 35.5. The van der Waals surface area contributed by atoms with Crippen LogP contribution in [-0.2, 0) is 0 Å². The van der Waals surface area contributed by atoms with Crippen LogP contribution in [0.3, 0.4) is 0 Å². The molecule has 1 unspecified atom stereocenters. The van der Waals surface area contributed by atoms with E-state index in [0.717, 1.165) is 53.2 Å². The van der Waals surface area contributed by atoms with Crippen LogP contribution >= 0.6 is 11.6 Å².